The molecule has 0 bridgehead atoms. The van der Waals surface area contributed by atoms with E-state index in [0.29, 0.717) is 35.9 Å². The first kappa shape index (κ1) is 23.0. The van der Waals surface area contributed by atoms with Crippen molar-refractivity contribution in [3.63, 3.8) is 0 Å². The van der Waals surface area contributed by atoms with Crippen LogP contribution in [0.2, 0.25) is 0 Å². The lowest BCUT2D eigenvalue weighted by molar-refractivity contribution is -0.136. The van der Waals surface area contributed by atoms with Gasteiger partial charge < -0.3 is 19.5 Å². The van der Waals surface area contributed by atoms with E-state index in [2.05, 4.69) is 12.2 Å². The fourth-order valence-corrected chi connectivity index (χ4v) is 2.44. The molecule has 0 spiro atoms. The number of amides is 1. The van der Waals surface area contributed by atoms with Gasteiger partial charge in [0.05, 0.1) is 13.2 Å². The van der Waals surface area contributed by atoms with Gasteiger partial charge in [0.2, 0.25) is 0 Å². The first-order valence-electron chi connectivity index (χ1n) is 9.57. The summed E-state index contributed by atoms with van der Waals surface area (Å²) in [4.78, 5) is 25.0. The van der Waals surface area contributed by atoms with E-state index in [-0.39, 0.29) is 12.5 Å². The van der Waals surface area contributed by atoms with Crippen molar-refractivity contribution < 1.29 is 23.8 Å². The molecule has 6 nitrogen and oxygen atoms in total. The number of nitrogens with one attached hydrogen (secondary N) is 1. The van der Waals surface area contributed by atoms with Crippen molar-refractivity contribution in [3.05, 3.63) is 23.8 Å². The van der Waals surface area contributed by atoms with Crippen LogP contribution in [-0.2, 0) is 14.3 Å². The number of unbranched alkanes of at least 4 members (excludes halogenated alkanes) is 1. The lowest BCUT2D eigenvalue weighted by Crippen LogP contribution is -2.42. The molecule has 0 saturated heterocycles. The summed E-state index contributed by atoms with van der Waals surface area (Å²) in [6.07, 6.45) is 2.47. The van der Waals surface area contributed by atoms with E-state index in [1.54, 1.807) is 32.0 Å². The van der Waals surface area contributed by atoms with Crippen molar-refractivity contribution in [3.8, 4) is 5.75 Å². The van der Waals surface area contributed by atoms with Crippen LogP contribution in [0.3, 0.4) is 0 Å². The highest BCUT2D eigenvalue weighted by Gasteiger charge is 2.32. The summed E-state index contributed by atoms with van der Waals surface area (Å²) < 4.78 is 16.3. The van der Waals surface area contributed by atoms with E-state index in [4.69, 9.17) is 14.2 Å². The predicted molar refractivity (Wildman–Crippen MR) is 106 cm³/mol. The molecule has 0 aromatic heterocycles. The summed E-state index contributed by atoms with van der Waals surface area (Å²) in [6.45, 7) is 10.4. The van der Waals surface area contributed by atoms with Gasteiger partial charge in [0.1, 0.15) is 16.9 Å². The van der Waals surface area contributed by atoms with Crippen LogP contribution < -0.4 is 10.1 Å². The maximum Gasteiger partial charge on any atom is 0.341 e. The molecule has 0 unspecified atom stereocenters. The highest BCUT2D eigenvalue weighted by molar-refractivity contribution is 5.99. The number of rotatable bonds is 11. The van der Waals surface area contributed by atoms with Crippen LogP contribution in [-0.4, -0.2) is 37.8 Å². The van der Waals surface area contributed by atoms with E-state index in [9.17, 15) is 9.59 Å². The zero-order valence-corrected chi connectivity index (χ0v) is 17.4. The molecule has 0 saturated carbocycles. The number of carbonyl (C=O) groups excluding carboxylic acids is 2. The van der Waals surface area contributed by atoms with E-state index >= 15 is 0 Å². The molecule has 0 radical (unpaired) electrons. The second kappa shape index (κ2) is 10.9. The summed E-state index contributed by atoms with van der Waals surface area (Å²) in [6, 6.07) is 4.98. The van der Waals surface area contributed by atoms with Gasteiger partial charge in [-0.1, -0.05) is 33.6 Å². The van der Waals surface area contributed by atoms with E-state index in [1.165, 1.54) is 7.11 Å². The number of benzene rings is 1. The molecule has 27 heavy (non-hydrogen) atoms. The van der Waals surface area contributed by atoms with Gasteiger partial charge in [-0.05, 0) is 44.4 Å². The SMILES string of the molecule is CCCC[C@](C)(OC)C(=O)Nc1ccc(OCC(C)C)c(C(=O)OCC)c1. The number of ether oxygens (including phenoxy) is 3. The molecule has 1 rings (SSSR count). The monoisotopic (exact) mass is 379 g/mol. The average Bonchev–Trinajstić information content (AvgIpc) is 2.64. The van der Waals surface area contributed by atoms with Crippen LogP contribution in [0, 0.1) is 5.92 Å². The largest absolute Gasteiger partial charge is 0.492 e. The van der Waals surface area contributed by atoms with Crippen LogP contribution >= 0.6 is 0 Å². The number of methoxy groups -OCH3 is 1. The van der Waals surface area contributed by atoms with Crippen LogP contribution in [0.5, 0.6) is 5.75 Å². The summed E-state index contributed by atoms with van der Waals surface area (Å²) in [7, 11) is 1.53. The molecule has 0 heterocycles. The van der Waals surface area contributed by atoms with Crippen molar-refractivity contribution in [2.75, 3.05) is 25.6 Å². The summed E-state index contributed by atoms with van der Waals surface area (Å²) in [5, 5.41) is 2.84. The zero-order valence-electron chi connectivity index (χ0n) is 17.4. The fourth-order valence-electron chi connectivity index (χ4n) is 2.44. The molecule has 0 aliphatic heterocycles. The second-order valence-corrected chi connectivity index (χ2v) is 7.13. The standard InChI is InChI=1S/C21H33NO5/c1-7-9-12-21(5,25-6)20(24)22-16-10-11-18(27-14-15(3)4)17(13-16)19(23)26-8-2/h10-11,13,15H,7-9,12,14H2,1-6H3,(H,22,24)/t21-/m0/s1. The van der Waals surface area contributed by atoms with Gasteiger partial charge >= 0.3 is 5.97 Å². The van der Waals surface area contributed by atoms with Crippen molar-refractivity contribution in [1.29, 1.82) is 0 Å². The maximum absolute atomic E-state index is 12.7. The lowest BCUT2D eigenvalue weighted by Gasteiger charge is -2.27. The van der Waals surface area contributed by atoms with Crippen LogP contribution in [0.1, 0.15) is 64.2 Å². The molecule has 152 valence electrons. The molecule has 1 atom stereocenters. The Morgan fingerprint density at radius 3 is 2.48 bits per heavy atom. The lowest BCUT2D eigenvalue weighted by atomic mass is 9.97. The third kappa shape index (κ3) is 6.86. The minimum absolute atomic E-state index is 0.246. The third-order valence-electron chi connectivity index (χ3n) is 4.24. The van der Waals surface area contributed by atoms with Gasteiger partial charge in [0.15, 0.2) is 0 Å². The topological polar surface area (TPSA) is 73.9 Å². The minimum Gasteiger partial charge on any atom is -0.492 e. The molecular formula is C21H33NO5. The quantitative estimate of drug-likeness (QED) is 0.576. The van der Waals surface area contributed by atoms with Crippen LogP contribution in [0.15, 0.2) is 18.2 Å². The Morgan fingerprint density at radius 1 is 1.22 bits per heavy atom. The average molecular weight is 379 g/mol. The van der Waals surface area contributed by atoms with E-state index in [1.807, 2.05) is 13.8 Å². The summed E-state index contributed by atoms with van der Waals surface area (Å²) >= 11 is 0. The molecule has 0 aliphatic rings. The Labute approximate surface area is 162 Å². The number of esters is 1. The summed E-state index contributed by atoms with van der Waals surface area (Å²) in [5.41, 5.74) is -0.130. The third-order valence-corrected chi connectivity index (χ3v) is 4.24. The Bertz CT molecular complexity index is 629. The molecule has 1 aromatic rings. The van der Waals surface area contributed by atoms with Crippen molar-refractivity contribution in [1.82, 2.24) is 0 Å². The van der Waals surface area contributed by atoms with Crippen LogP contribution in [0.25, 0.3) is 0 Å². The molecule has 1 amide bonds. The smallest absolute Gasteiger partial charge is 0.341 e. The Balaban J connectivity index is 3.05. The molecule has 6 heteroatoms. The van der Waals surface area contributed by atoms with Gasteiger partial charge in [-0.3, -0.25) is 4.79 Å². The van der Waals surface area contributed by atoms with Gasteiger partial charge in [-0.25, -0.2) is 4.79 Å². The van der Waals surface area contributed by atoms with E-state index < -0.39 is 11.6 Å². The highest BCUT2D eigenvalue weighted by Crippen LogP contribution is 2.26. The van der Waals surface area contributed by atoms with Crippen molar-refractivity contribution in [2.45, 2.75) is 59.5 Å². The molecule has 1 aromatic carbocycles. The molecular weight excluding hydrogens is 346 g/mol. The Hall–Kier alpha value is -2.08. The molecule has 1 N–H and O–H groups in total. The summed E-state index contributed by atoms with van der Waals surface area (Å²) in [5.74, 6) is 0.0398. The van der Waals surface area contributed by atoms with Gasteiger partial charge in [0.25, 0.3) is 5.91 Å². The number of carbonyl (C=O) groups is 2. The molecule has 0 aliphatic carbocycles. The molecule has 0 fully saturated rings. The number of hydrogen-bond acceptors (Lipinski definition) is 5. The zero-order chi connectivity index (χ0) is 20.4. The predicted octanol–water partition coefficient (Wildman–Crippen LogP) is 4.43. The van der Waals surface area contributed by atoms with Crippen LogP contribution in [0.4, 0.5) is 5.69 Å². The normalized spacial score (nSPS) is 13.1. The Kier molecular flexibility index (Phi) is 9.29. The fraction of sp³-hybridized carbons (Fsp3) is 0.619. The Morgan fingerprint density at radius 2 is 1.93 bits per heavy atom. The highest BCUT2D eigenvalue weighted by atomic mass is 16.5. The van der Waals surface area contributed by atoms with Gasteiger partial charge in [0, 0.05) is 12.8 Å². The number of anilines is 1. The van der Waals surface area contributed by atoms with E-state index in [0.717, 1.165) is 12.8 Å². The minimum atomic E-state index is -0.924. The van der Waals surface area contributed by atoms with Gasteiger partial charge in [-0.15, -0.1) is 0 Å². The van der Waals surface area contributed by atoms with Gasteiger partial charge in [-0.2, -0.15) is 0 Å². The maximum atomic E-state index is 12.7. The van der Waals surface area contributed by atoms with Crippen molar-refractivity contribution >= 4 is 17.6 Å². The van der Waals surface area contributed by atoms with Crippen molar-refractivity contribution in [2.24, 2.45) is 5.92 Å². The second-order valence-electron chi connectivity index (χ2n) is 7.13. The first-order chi connectivity index (χ1) is 12.8. The number of hydrogen-bond donors (Lipinski definition) is 1. The first-order valence-corrected chi connectivity index (χ1v) is 9.57.